The normalized spacial score (nSPS) is 7.67. The molecule has 9 heavy (non-hydrogen) atoms. The molecule has 0 aromatic carbocycles. The summed E-state index contributed by atoms with van der Waals surface area (Å²) in [5.74, 6) is -0.745. The molecule has 0 aliphatic carbocycles. The monoisotopic (exact) mass is 152 g/mol. The van der Waals surface area contributed by atoms with Gasteiger partial charge >= 0.3 is 8.60 Å². The number of hydrogen-bond acceptors (Lipinski definition) is 5. The fraction of sp³-hybridized carbons (Fsp3) is 0.500. The average Bonchev–Trinajstić information content (AvgIpc) is 1.65. The van der Waals surface area contributed by atoms with E-state index < -0.39 is 14.5 Å². The molecule has 0 aliphatic heterocycles. The third-order valence-corrected chi connectivity index (χ3v) is 0.201. The van der Waals surface area contributed by atoms with Crippen molar-refractivity contribution in [3.8, 4) is 0 Å². The Morgan fingerprint density at radius 3 is 1.67 bits per heavy atom. The number of rotatable bonds is 0. The molecule has 0 aromatic heterocycles. The third kappa shape index (κ3) is 78.7. The van der Waals surface area contributed by atoms with E-state index in [1.807, 2.05) is 0 Å². The van der Waals surface area contributed by atoms with Crippen LogP contribution in [-0.4, -0.2) is 35.5 Å². The van der Waals surface area contributed by atoms with E-state index in [1.165, 1.54) is 7.11 Å². The molecule has 0 aliphatic rings. The zero-order valence-corrected chi connectivity index (χ0v) is 5.58. The minimum atomic E-state index is -2.62. The summed E-state index contributed by atoms with van der Waals surface area (Å²) in [4.78, 5) is 31.1. The van der Waals surface area contributed by atoms with Crippen LogP contribution in [-0.2, 0) is 4.74 Å². The zero-order valence-electron chi connectivity index (χ0n) is 4.68. The van der Waals surface area contributed by atoms with Crippen molar-refractivity contribution >= 4 is 22.3 Å². The Labute approximate surface area is 54.7 Å². The third-order valence-electron chi connectivity index (χ3n) is 0.201. The summed E-state index contributed by atoms with van der Waals surface area (Å²) in [5.41, 5.74) is 0. The Morgan fingerprint density at radius 1 is 1.56 bits per heavy atom. The Morgan fingerprint density at radius 2 is 1.67 bits per heavy atom. The van der Waals surface area contributed by atoms with Gasteiger partial charge in [0.25, 0.3) is 0 Å². The van der Waals surface area contributed by atoms with Gasteiger partial charge in [0.05, 0.1) is 7.11 Å². The fourth-order valence-electron chi connectivity index (χ4n) is 0. The van der Waals surface area contributed by atoms with E-state index in [2.05, 4.69) is 12.6 Å². The first-order valence-corrected chi connectivity index (χ1v) is 2.91. The van der Waals surface area contributed by atoms with Crippen molar-refractivity contribution in [2.45, 2.75) is 0 Å². The van der Waals surface area contributed by atoms with Gasteiger partial charge in [0.2, 0.25) is 13.7 Å². The van der Waals surface area contributed by atoms with E-state index in [-0.39, 0.29) is 0 Å². The van der Waals surface area contributed by atoms with Gasteiger partial charge in [-0.2, -0.15) is 0 Å². The highest BCUT2D eigenvalue weighted by molar-refractivity contribution is 7.38. The molecular weight excluding hydrogens is 146 g/mol. The van der Waals surface area contributed by atoms with Crippen LogP contribution >= 0.6 is 8.60 Å². The lowest BCUT2D eigenvalue weighted by Crippen LogP contribution is -1.92. The number of carbonyl (C=O) groups excluding carboxylic acids is 1. The first-order chi connectivity index (χ1) is 4.00. The first-order valence-electron chi connectivity index (χ1n) is 1.71. The second-order valence-electron chi connectivity index (χ2n) is 0.791. The molecule has 7 heteroatoms. The van der Waals surface area contributed by atoms with Crippen molar-refractivity contribution in [2.24, 2.45) is 0 Å². The van der Waals surface area contributed by atoms with Crippen LogP contribution in [0.25, 0.3) is 0 Å². The van der Waals surface area contributed by atoms with Crippen LogP contribution in [0.2, 0.25) is 0 Å². The Bertz CT molecular complexity index is 72.6. The molecule has 0 aromatic rings. The molecule has 0 fully saturated rings. The molecule has 5 nitrogen and oxygen atoms in total. The Hall–Kier alpha value is -0.155. The van der Waals surface area contributed by atoms with Crippen molar-refractivity contribution in [1.29, 1.82) is 0 Å². The number of hydrogen-bond donors (Lipinski definition) is 3. The first kappa shape index (κ1) is 11.6. The second kappa shape index (κ2) is 7.84. The van der Waals surface area contributed by atoms with Crippen molar-refractivity contribution in [2.75, 3.05) is 7.11 Å². The molecule has 0 rings (SSSR count). The molecule has 0 bridgehead atoms. The minimum absolute atomic E-state index is 0.745. The van der Waals surface area contributed by atoms with Crippen LogP contribution in [0.3, 0.4) is 0 Å². The number of carbonyl (C=O) groups is 1. The van der Waals surface area contributed by atoms with E-state index >= 15 is 0 Å². The minimum Gasteiger partial charge on any atom is -0.478 e. The molecule has 0 spiro atoms. The van der Waals surface area contributed by atoms with E-state index in [0.717, 1.165) is 0 Å². The topological polar surface area (TPSA) is 87.0 Å². The smallest absolute Gasteiger partial charge is 0.324 e. The summed E-state index contributed by atoms with van der Waals surface area (Å²) in [7, 11) is 3.03. The second-order valence-corrected chi connectivity index (χ2v) is 1.33. The van der Waals surface area contributed by atoms with Crippen molar-refractivity contribution < 1.29 is 24.2 Å². The highest BCUT2D eigenvalue weighted by Crippen LogP contribution is 2.11. The summed E-state index contributed by atoms with van der Waals surface area (Å²) >= 11 is 0. The molecule has 2 radical (unpaired) electrons. The van der Waals surface area contributed by atoms with Crippen molar-refractivity contribution in [1.82, 2.24) is 0 Å². The van der Waals surface area contributed by atoms with Gasteiger partial charge < -0.3 is 19.4 Å². The maximum absolute atomic E-state index is 9.37. The van der Waals surface area contributed by atoms with E-state index in [9.17, 15) is 4.79 Å². The van der Waals surface area contributed by atoms with Crippen LogP contribution in [0.1, 0.15) is 0 Å². The predicted molar refractivity (Wildman–Crippen MR) is 31.7 cm³/mol. The molecule has 0 atom stereocenters. The summed E-state index contributed by atoms with van der Waals surface area (Å²) < 4.78 is 3.89. The van der Waals surface area contributed by atoms with Gasteiger partial charge in [0.15, 0.2) is 0 Å². The van der Waals surface area contributed by atoms with E-state index in [1.54, 1.807) is 0 Å². The summed E-state index contributed by atoms with van der Waals surface area (Å²) in [6.07, 6.45) is 0. The summed E-state index contributed by atoms with van der Waals surface area (Å²) in [5, 5.41) is 0. The molecule has 52 valence electrons. The van der Waals surface area contributed by atoms with Gasteiger partial charge in [0, 0.05) is 0 Å². The molecule has 3 N–H and O–H groups in total. The lowest BCUT2D eigenvalue weighted by atomic mass is 10.2. The number of methoxy groups -OCH3 is 1. The van der Waals surface area contributed by atoms with Gasteiger partial charge in [-0.15, -0.1) is 0 Å². The SMILES string of the molecule is OP(O)O.[B]C(=O)OC. The van der Waals surface area contributed by atoms with Gasteiger partial charge in [0.1, 0.15) is 0 Å². The summed E-state index contributed by atoms with van der Waals surface area (Å²) in [6, 6.07) is 0. The summed E-state index contributed by atoms with van der Waals surface area (Å²) in [6.45, 7) is 0. The zero-order chi connectivity index (χ0) is 7.86. The van der Waals surface area contributed by atoms with Crippen LogP contribution in [0, 0.1) is 0 Å². The maximum Gasteiger partial charge on any atom is 0.324 e. The lowest BCUT2D eigenvalue weighted by Gasteiger charge is -1.81. The fourth-order valence-corrected chi connectivity index (χ4v) is 0. The van der Waals surface area contributed by atoms with Gasteiger partial charge in [-0.3, -0.25) is 4.79 Å². The van der Waals surface area contributed by atoms with Crippen LogP contribution in [0.5, 0.6) is 0 Å². The molecule has 0 saturated carbocycles. The van der Waals surface area contributed by atoms with Gasteiger partial charge in [-0.1, -0.05) is 0 Å². The Kier molecular flexibility index (Phi) is 10.1. The van der Waals surface area contributed by atoms with E-state index in [0.29, 0.717) is 0 Å². The lowest BCUT2D eigenvalue weighted by molar-refractivity contribution is 0.198. The molecule has 0 unspecified atom stereocenters. The molecule has 0 heterocycles. The Balaban J connectivity index is 0. The maximum atomic E-state index is 9.37. The standard InChI is InChI=1S/C2H3BO2.H3O3P/c1-5-2(3)4;1-4(2)3/h1H3;1-3H. The van der Waals surface area contributed by atoms with Gasteiger partial charge in [-0.05, 0) is 0 Å². The van der Waals surface area contributed by atoms with Crippen LogP contribution in [0.4, 0.5) is 4.79 Å². The largest absolute Gasteiger partial charge is 0.478 e. The quantitative estimate of drug-likeness (QED) is 0.309. The molecular formula is C2H6BO5P. The molecule has 0 saturated heterocycles. The van der Waals surface area contributed by atoms with E-state index in [4.69, 9.17) is 14.7 Å². The highest BCUT2D eigenvalue weighted by Gasteiger charge is 1.76. The van der Waals surface area contributed by atoms with Crippen LogP contribution < -0.4 is 0 Å². The molecule has 0 amide bonds. The van der Waals surface area contributed by atoms with Crippen molar-refractivity contribution in [3.05, 3.63) is 0 Å². The van der Waals surface area contributed by atoms with Crippen molar-refractivity contribution in [3.63, 3.8) is 0 Å². The average molecular weight is 152 g/mol. The predicted octanol–water partition coefficient (Wildman–Crippen LogP) is -0.889. The van der Waals surface area contributed by atoms with Gasteiger partial charge in [-0.25, -0.2) is 0 Å². The highest BCUT2D eigenvalue weighted by atomic mass is 31.2. The number of ether oxygens (including phenoxy) is 1. The van der Waals surface area contributed by atoms with Crippen LogP contribution in [0.15, 0.2) is 0 Å².